The number of carboxylic acid groups (broad SMARTS) is 1. The van der Waals surface area contributed by atoms with Gasteiger partial charge in [0.2, 0.25) is 0 Å². The van der Waals surface area contributed by atoms with Crippen LogP contribution in [0.2, 0.25) is 0 Å². The van der Waals surface area contributed by atoms with Gasteiger partial charge in [-0.1, -0.05) is 26.3 Å². The summed E-state index contributed by atoms with van der Waals surface area (Å²) in [4.78, 5) is 36.6. The monoisotopic (exact) mass is 432 g/mol. The molecule has 0 aromatic carbocycles. The van der Waals surface area contributed by atoms with Crippen molar-refractivity contribution >= 4 is 17.7 Å². The number of esters is 1. The second kappa shape index (κ2) is 7.43. The predicted molar refractivity (Wildman–Crippen MR) is 114 cm³/mol. The van der Waals surface area contributed by atoms with Crippen molar-refractivity contribution in [2.45, 2.75) is 77.7 Å². The fourth-order valence-electron chi connectivity index (χ4n) is 8.29. The van der Waals surface area contributed by atoms with Crippen molar-refractivity contribution in [2.24, 2.45) is 40.4 Å². The summed E-state index contributed by atoms with van der Waals surface area (Å²) in [6.07, 6.45) is 6.41. The largest absolute Gasteiger partial charge is 0.481 e. The first kappa shape index (κ1) is 22.5. The van der Waals surface area contributed by atoms with Gasteiger partial charge in [0.1, 0.15) is 0 Å². The molecule has 0 radical (unpaired) electrons. The molecule has 0 heterocycles. The number of allylic oxidation sites excluding steroid dienone is 1. The third kappa shape index (κ3) is 3.12. The van der Waals surface area contributed by atoms with Crippen molar-refractivity contribution in [1.82, 2.24) is 0 Å². The van der Waals surface area contributed by atoms with Gasteiger partial charge in [-0.25, -0.2) is 0 Å². The highest BCUT2D eigenvalue weighted by Gasteiger charge is 2.67. The second-order valence-corrected chi connectivity index (χ2v) is 11.0. The first-order chi connectivity index (χ1) is 14.5. The van der Waals surface area contributed by atoms with E-state index in [2.05, 4.69) is 20.8 Å². The van der Waals surface area contributed by atoms with Crippen LogP contribution in [0.1, 0.15) is 72.1 Å². The molecule has 6 nitrogen and oxygen atoms in total. The maximum absolute atomic E-state index is 13.1. The molecule has 3 fully saturated rings. The lowest BCUT2D eigenvalue weighted by Gasteiger charge is -2.62. The summed E-state index contributed by atoms with van der Waals surface area (Å²) in [5.74, 6) is -0.943. The third-order valence-corrected chi connectivity index (χ3v) is 10.0. The van der Waals surface area contributed by atoms with E-state index in [-0.39, 0.29) is 59.6 Å². The van der Waals surface area contributed by atoms with Gasteiger partial charge in [-0.15, -0.1) is 0 Å². The molecule has 6 heteroatoms. The summed E-state index contributed by atoms with van der Waals surface area (Å²) in [6.45, 7) is 6.43. The molecule has 0 unspecified atom stereocenters. The molecule has 31 heavy (non-hydrogen) atoms. The smallest absolute Gasteiger partial charge is 0.309 e. The van der Waals surface area contributed by atoms with Crippen LogP contribution in [0.3, 0.4) is 0 Å². The molecular formula is C25H36O6. The minimum absolute atomic E-state index is 0.0452. The lowest BCUT2D eigenvalue weighted by molar-refractivity contribution is -0.174. The van der Waals surface area contributed by atoms with E-state index in [4.69, 9.17) is 4.74 Å². The van der Waals surface area contributed by atoms with Crippen molar-refractivity contribution in [3.05, 3.63) is 11.6 Å². The average Bonchev–Trinajstić information content (AvgIpc) is 2.99. The van der Waals surface area contributed by atoms with Crippen molar-refractivity contribution in [3.63, 3.8) is 0 Å². The van der Waals surface area contributed by atoms with Gasteiger partial charge in [-0.05, 0) is 79.1 Å². The van der Waals surface area contributed by atoms with Crippen LogP contribution in [0.5, 0.6) is 0 Å². The quantitative estimate of drug-likeness (QED) is 0.656. The molecule has 4 aliphatic carbocycles. The Bertz CT molecular complexity index is 832. The summed E-state index contributed by atoms with van der Waals surface area (Å²) in [7, 11) is 1.43. The number of fused-ring (bicyclic) bond motifs is 5. The molecule has 8 atom stereocenters. The topological polar surface area (TPSA) is 101 Å². The predicted octanol–water partition coefficient (Wildman–Crippen LogP) is 3.76. The second-order valence-electron chi connectivity index (χ2n) is 11.0. The summed E-state index contributed by atoms with van der Waals surface area (Å²) >= 11 is 0. The number of ether oxygens (including phenoxy) is 1. The molecule has 0 spiro atoms. The van der Waals surface area contributed by atoms with Crippen LogP contribution in [-0.2, 0) is 19.1 Å². The number of carbonyl (C=O) groups is 3. The molecule has 0 aromatic rings. The van der Waals surface area contributed by atoms with Gasteiger partial charge in [0.15, 0.2) is 5.78 Å². The Morgan fingerprint density at radius 1 is 1.16 bits per heavy atom. The number of rotatable bonds is 4. The molecule has 2 N–H and O–H groups in total. The van der Waals surface area contributed by atoms with Crippen LogP contribution in [0.4, 0.5) is 0 Å². The summed E-state index contributed by atoms with van der Waals surface area (Å²) < 4.78 is 5.27. The number of ketones is 1. The van der Waals surface area contributed by atoms with E-state index in [1.54, 1.807) is 6.08 Å². The van der Waals surface area contributed by atoms with Crippen molar-refractivity contribution in [1.29, 1.82) is 0 Å². The van der Waals surface area contributed by atoms with Crippen LogP contribution in [0.25, 0.3) is 0 Å². The van der Waals surface area contributed by atoms with Gasteiger partial charge in [0, 0.05) is 12.8 Å². The Balaban J connectivity index is 1.78. The van der Waals surface area contributed by atoms with E-state index in [0.29, 0.717) is 12.8 Å². The minimum atomic E-state index is -1.02. The molecule has 0 amide bonds. The molecule has 0 saturated heterocycles. The molecule has 172 valence electrons. The lowest BCUT2D eigenvalue weighted by Crippen LogP contribution is -2.60. The highest BCUT2D eigenvalue weighted by molar-refractivity contribution is 5.92. The maximum atomic E-state index is 13.1. The number of carbonyl (C=O) groups excluding carboxylic acids is 2. The van der Waals surface area contributed by atoms with E-state index in [1.807, 2.05) is 0 Å². The summed E-state index contributed by atoms with van der Waals surface area (Å²) in [5, 5.41) is 20.8. The highest BCUT2D eigenvalue weighted by Crippen LogP contribution is 2.70. The molecule has 4 aliphatic rings. The molecule has 0 bridgehead atoms. The number of methoxy groups -OCH3 is 1. The Morgan fingerprint density at radius 2 is 1.84 bits per heavy atom. The van der Waals surface area contributed by atoms with E-state index < -0.39 is 17.0 Å². The van der Waals surface area contributed by atoms with Crippen LogP contribution < -0.4 is 0 Å². The molecule has 3 saturated carbocycles. The Labute approximate surface area is 184 Å². The number of hydrogen-bond acceptors (Lipinski definition) is 5. The first-order valence-corrected chi connectivity index (χ1v) is 11.8. The molecule has 4 rings (SSSR count). The lowest BCUT2D eigenvalue weighted by atomic mass is 9.42. The highest BCUT2D eigenvalue weighted by atomic mass is 16.5. The zero-order valence-corrected chi connectivity index (χ0v) is 19.1. The Morgan fingerprint density at radius 3 is 2.48 bits per heavy atom. The summed E-state index contributed by atoms with van der Waals surface area (Å²) in [5.41, 5.74) is -0.462. The van der Waals surface area contributed by atoms with E-state index >= 15 is 0 Å². The van der Waals surface area contributed by atoms with Gasteiger partial charge >= 0.3 is 11.9 Å². The minimum Gasteiger partial charge on any atom is -0.481 e. The van der Waals surface area contributed by atoms with Crippen LogP contribution >= 0.6 is 0 Å². The zero-order valence-electron chi connectivity index (χ0n) is 19.1. The van der Waals surface area contributed by atoms with Gasteiger partial charge in [-0.2, -0.15) is 0 Å². The number of aliphatic hydroxyl groups is 1. The van der Waals surface area contributed by atoms with Gasteiger partial charge in [-0.3, -0.25) is 14.4 Å². The van der Waals surface area contributed by atoms with Crippen LogP contribution in [0, 0.1) is 40.4 Å². The average molecular weight is 433 g/mol. The summed E-state index contributed by atoms with van der Waals surface area (Å²) in [6, 6.07) is 0. The van der Waals surface area contributed by atoms with Crippen molar-refractivity contribution in [2.75, 3.05) is 7.11 Å². The Hall–Kier alpha value is -1.69. The zero-order chi connectivity index (χ0) is 22.8. The standard InChI is InChI=1S/C25H36O6/c1-14-18-13-15(26)5-9-23(18,2)16-6-10-24(3)17(21(16)20(14)22(29)31-4)7-11-25(24,30)12-8-19(27)28/h13-14,16-17,20-21,30H,5-12H2,1-4H3,(H,27,28)/t14-,16+,17+,20-,21-,23-,24+,25-/m1/s1. The normalized spacial score (nSPS) is 46.4. The SMILES string of the molecule is COC(=O)[C@H]1[C@@H]2[C@H](CC[C@@]3(C)[C@H]2CC[C@@]3(O)CCC(=O)O)[C@@]2(C)CCC(=O)C=C2[C@H]1C. The van der Waals surface area contributed by atoms with E-state index in [0.717, 1.165) is 31.3 Å². The van der Waals surface area contributed by atoms with Gasteiger partial charge in [0.05, 0.1) is 18.6 Å². The number of hydrogen-bond donors (Lipinski definition) is 2. The third-order valence-electron chi connectivity index (χ3n) is 10.0. The van der Waals surface area contributed by atoms with Crippen molar-refractivity contribution in [3.8, 4) is 0 Å². The molecule has 0 aliphatic heterocycles. The molecule has 0 aromatic heterocycles. The number of aliphatic carboxylic acids is 1. The van der Waals surface area contributed by atoms with Gasteiger partial charge < -0.3 is 14.9 Å². The van der Waals surface area contributed by atoms with Gasteiger partial charge in [0.25, 0.3) is 0 Å². The maximum Gasteiger partial charge on any atom is 0.309 e. The van der Waals surface area contributed by atoms with E-state index in [9.17, 15) is 24.6 Å². The van der Waals surface area contributed by atoms with Crippen LogP contribution in [0.15, 0.2) is 11.6 Å². The molecular weight excluding hydrogens is 396 g/mol. The fourth-order valence-corrected chi connectivity index (χ4v) is 8.29. The first-order valence-electron chi connectivity index (χ1n) is 11.8. The van der Waals surface area contributed by atoms with Crippen molar-refractivity contribution < 1.29 is 29.3 Å². The van der Waals surface area contributed by atoms with E-state index in [1.165, 1.54) is 7.11 Å². The fraction of sp³-hybridized carbons (Fsp3) is 0.800. The van der Waals surface area contributed by atoms with Crippen LogP contribution in [-0.4, -0.2) is 40.6 Å². The Kier molecular flexibility index (Phi) is 5.39. The number of carboxylic acids is 1.